The van der Waals surface area contributed by atoms with E-state index in [1.165, 1.54) is 6.20 Å². The summed E-state index contributed by atoms with van der Waals surface area (Å²) >= 11 is 5.83. The molecule has 1 amide bonds. The lowest BCUT2D eigenvalue weighted by Gasteiger charge is -2.16. The van der Waals surface area contributed by atoms with Gasteiger partial charge < -0.3 is 5.32 Å². The van der Waals surface area contributed by atoms with Gasteiger partial charge in [-0.15, -0.1) is 0 Å². The van der Waals surface area contributed by atoms with Gasteiger partial charge in [0.05, 0.1) is 11.4 Å². The summed E-state index contributed by atoms with van der Waals surface area (Å²) in [5.41, 5.74) is 0.858. The van der Waals surface area contributed by atoms with Crippen LogP contribution < -0.4 is 5.32 Å². The molecule has 0 saturated carbocycles. The van der Waals surface area contributed by atoms with Crippen molar-refractivity contribution in [1.29, 1.82) is 0 Å². The van der Waals surface area contributed by atoms with E-state index in [2.05, 4.69) is 10.3 Å². The molecule has 1 unspecified atom stereocenters. The Balaban J connectivity index is 2.48. The first-order chi connectivity index (χ1) is 9.31. The summed E-state index contributed by atoms with van der Waals surface area (Å²) in [7, 11) is 0. The number of halogens is 4. The lowest BCUT2D eigenvalue weighted by molar-refractivity contribution is -0.144. The maximum Gasteiger partial charge on any atom is 0.389 e. The Labute approximate surface area is 120 Å². The largest absolute Gasteiger partial charge is 0.389 e. The third-order valence-corrected chi connectivity index (χ3v) is 3.08. The minimum Gasteiger partial charge on any atom is -0.355 e. The molecule has 1 N–H and O–H groups in total. The number of rotatable bonds is 6. The van der Waals surface area contributed by atoms with Crippen molar-refractivity contribution in [2.24, 2.45) is 0 Å². The third-order valence-electron chi connectivity index (χ3n) is 2.87. The van der Waals surface area contributed by atoms with Gasteiger partial charge in [-0.25, -0.2) is 0 Å². The van der Waals surface area contributed by atoms with Crippen molar-refractivity contribution in [1.82, 2.24) is 10.3 Å². The van der Waals surface area contributed by atoms with Crippen LogP contribution in [-0.2, 0) is 4.79 Å². The Morgan fingerprint density at radius 2 is 2.15 bits per heavy atom. The van der Waals surface area contributed by atoms with Crippen LogP contribution in [0.5, 0.6) is 0 Å². The van der Waals surface area contributed by atoms with Gasteiger partial charge in [0, 0.05) is 31.3 Å². The van der Waals surface area contributed by atoms with Gasteiger partial charge >= 0.3 is 6.18 Å². The summed E-state index contributed by atoms with van der Waals surface area (Å²) in [5.74, 6) is -0.619. The molecule has 20 heavy (non-hydrogen) atoms. The molecule has 1 rings (SSSR count). The Morgan fingerprint density at radius 1 is 1.45 bits per heavy atom. The van der Waals surface area contributed by atoms with E-state index in [1.807, 2.05) is 6.92 Å². The first-order valence-corrected chi connectivity index (χ1v) is 6.63. The third kappa shape index (κ3) is 6.23. The molecule has 112 valence electrons. The fourth-order valence-electron chi connectivity index (χ4n) is 1.73. The summed E-state index contributed by atoms with van der Waals surface area (Å²) in [5, 5.41) is 3.00. The molecule has 1 atom stereocenters. The van der Waals surface area contributed by atoms with Crippen molar-refractivity contribution >= 4 is 17.5 Å². The minimum atomic E-state index is -4.31. The summed E-state index contributed by atoms with van der Waals surface area (Å²) in [4.78, 5) is 15.3. The smallest absolute Gasteiger partial charge is 0.355 e. The highest BCUT2D eigenvalue weighted by molar-refractivity contribution is 6.30. The highest BCUT2D eigenvalue weighted by Crippen LogP contribution is 2.22. The average Bonchev–Trinajstić information content (AvgIpc) is 2.36. The van der Waals surface area contributed by atoms with E-state index in [0.29, 0.717) is 5.02 Å². The first-order valence-electron chi connectivity index (χ1n) is 6.25. The number of hydrogen-bond donors (Lipinski definition) is 1. The number of nitrogens with zero attached hydrogens (tertiary/aromatic N) is 1. The monoisotopic (exact) mass is 308 g/mol. The fraction of sp³-hybridized carbons (Fsp3) is 0.538. The van der Waals surface area contributed by atoms with Crippen LogP contribution in [0.4, 0.5) is 13.2 Å². The minimum absolute atomic E-state index is 0.0176. The van der Waals surface area contributed by atoms with E-state index in [0.717, 1.165) is 12.0 Å². The predicted molar refractivity (Wildman–Crippen MR) is 70.6 cm³/mol. The molecule has 0 aliphatic rings. The molecule has 1 heterocycles. The predicted octanol–water partition coefficient (Wildman–Crippen LogP) is 3.69. The Bertz CT molecular complexity index is 451. The number of aromatic nitrogens is 1. The number of amides is 1. The van der Waals surface area contributed by atoms with Crippen molar-refractivity contribution in [3.05, 3.63) is 29.0 Å². The molecule has 7 heteroatoms. The summed E-state index contributed by atoms with van der Waals surface area (Å²) in [6, 6.07) is 1.74. The molecule has 0 spiro atoms. The zero-order chi connectivity index (χ0) is 15.2. The molecule has 0 radical (unpaired) electrons. The van der Waals surface area contributed by atoms with Crippen LogP contribution in [0.15, 0.2) is 18.5 Å². The molecule has 0 aliphatic carbocycles. The number of carbonyl (C=O) groups is 1. The fourth-order valence-corrected chi connectivity index (χ4v) is 1.91. The second-order valence-electron chi connectivity index (χ2n) is 4.46. The van der Waals surface area contributed by atoms with E-state index in [-0.39, 0.29) is 12.5 Å². The molecule has 0 bridgehead atoms. The zero-order valence-corrected chi connectivity index (χ0v) is 11.8. The van der Waals surface area contributed by atoms with Crippen molar-refractivity contribution in [3.8, 4) is 0 Å². The van der Waals surface area contributed by atoms with Crippen LogP contribution in [0.25, 0.3) is 0 Å². The van der Waals surface area contributed by atoms with E-state index >= 15 is 0 Å². The number of pyridine rings is 1. The van der Waals surface area contributed by atoms with Gasteiger partial charge in [-0.1, -0.05) is 18.5 Å². The number of carbonyl (C=O) groups excluding carboxylic acids is 1. The topological polar surface area (TPSA) is 42.0 Å². The van der Waals surface area contributed by atoms with Gasteiger partial charge in [0.25, 0.3) is 0 Å². The first kappa shape index (κ1) is 16.8. The second kappa shape index (κ2) is 7.47. The van der Waals surface area contributed by atoms with E-state index in [4.69, 9.17) is 11.6 Å². The van der Waals surface area contributed by atoms with Gasteiger partial charge in [-0.05, 0) is 18.1 Å². The second-order valence-corrected chi connectivity index (χ2v) is 4.90. The summed E-state index contributed by atoms with van der Waals surface area (Å²) in [6.07, 6.45) is -2.09. The van der Waals surface area contributed by atoms with Gasteiger partial charge in [0.15, 0.2) is 0 Å². The molecule has 1 aromatic rings. The zero-order valence-electron chi connectivity index (χ0n) is 11.0. The molecule has 0 aromatic carbocycles. The average molecular weight is 309 g/mol. The van der Waals surface area contributed by atoms with Crippen LogP contribution in [-0.4, -0.2) is 23.6 Å². The Kier molecular flexibility index (Phi) is 6.26. The van der Waals surface area contributed by atoms with Crippen molar-refractivity contribution < 1.29 is 18.0 Å². The van der Waals surface area contributed by atoms with Crippen molar-refractivity contribution in [2.75, 3.05) is 6.54 Å². The summed E-state index contributed by atoms with van der Waals surface area (Å²) < 4.78 is 36.0. The molecular weight excluding hydrogens is 293 g/mol. The number of hydrogen-bond acceptors (Lipinski definition) is 2. The maximum atomic E-state index is 12.0. The van der Waals surface area contributed by atoms with Gasteiger partial charge in [0.2, 0.25) is 5.91 Å². The van der Waals surface area contributed by atoms with Crippen LogP contribution in [0.3, 0.4) is 0 Å². The van der Waals surface area contributed by atoms with Gasteiger partial charge in [-0.2, -0.15) is 13.2 Å². The molecular formula is C13H16ClF3N2O. The quantitative estimate of drug-likeness (QED) is 0.871. The molecule has 0 aliphatic heterocycles. The van der Waals surface area contributed by atoms with Crippen LogP contribution in [0, 0.1) is 0 Å². The number of nitrogens with one attached hydrogen (secondary N) is 1. The van der Waals surface area contributed by atoms with Crippen molar-refractivity contribution in [2.45, 2.75) is 38.3 Å². The maximum absolute atomic E-state index is 12.0. The van der Waals surface area contributed by atoms with E-state index in [1.54, 1.807) is 12.3 Å². The van der Waals surface area contributed by atoms with Gasteiger partial charge in [-0.3, -0.25) is 9.78 Å². The molecule has 1 aromatic heterocycles. The molecule has 0 saturated heterocycles. The standard InChI is InChI=1S/C13H16ClF3N2O/c1-2-9(10-5-11(14)8-18-6-10)7-19-12(20)3-4-13(15,16)17/h5-6,8-9H,2-4,7H2,1H3,(H,19,20). The number of alkyl halides is 3. The van der Waals surface area contributed by atoms with Crippen LogP contribution >= 0.6 is 11.6 Å². The lowest BCUT2D eigenvalue weighted by atomic mass is 9.98. The highest BCUT2D eigenvalue weighted by Gasteiger charge is 2.27. The Hall–Kier alpha value is -1.30. The van der Waals surface area contributed by atoms with E-state index < -0.39 is 24.9 Å². The SMILES string of the molecule is CCC(CNC(=O)CCC(F)(F)F)c1cncc(Cl)c1. The Morgan fingerprint density at radius 3 is 2.70 bits per heavy atom. The summed E-state index contributed by atoms with van der Waals surface area (Å²) in [6.45, 7) is 2.20. The van der Waals surface area contributed by atoms with Crippen LogP contribution in [0.1, 0.15) is 37.7 Å². The van der Waals surface area contributed by atoms with Crippen molar-refractivity contribution in [3.63, 3.8) is 0 Å². The van der Waals surface area contributed by atoms with E-state index in [9.17, 15) is 18.0 Å². The van der Waals surface area contributed by atoms with Gasteiger partial charge in [0.1, 0.15) is 0 Å². The normalized spacial score (nSPS) is 13.1. The van der Waals surface area contributed by atoms with Crippen LogP contribution in [0.2, 0.25) is 5.02 Å². The molecule has 0 fully saturated rings. The highest BCUT2D eigenvalue weighted by atomic mass is 35.5. The lowest BCUT2D eigenvalue weighted by Crippen LogP contribution is -2.29. The molecule has 3 nitrogen and oxygen atoms in total.